The summed E-state index contributed by atoms with van der Waals surface area (Å²) in [7, 11) is 0. The molecule has 100 valence electrons. The molecule has 0 radical (unpaired) electrons. The Morgan fingerprint density at radius 2 is 2.11 bits per heavy atom. The highest BCUT2D eigenvalue weighted by atomic mass is 32.2. The molecule has 0 saturated heterocycles. The lowest BCUT2D eigenvalue weighted by Crippen LogP contribution is -2.30. The van der Waals surface area contributed by atoms with Gasteiger partial charge in [0.25, 0.3) is 0 Å². The van der Waals surface area contributed by atoms with Crippen LogP contribution in [0.5, 0.6) is 0 Å². The third-order valence-electron chi connectivity index (χ3n) is 3.23. The molecular weight excluding hydrogens is 260 g/mol. The number of hydrogen-bond donors (Lipinski definition) is 1. The van der Waals surface area contributed by atoms with Crippen LogP contribution in [0.3, 0.4) is 0 Å². The fraction of sp³-hybridized carbons (Fsp3) is 0.643. The third kappa shape index (κ3) is 3.51. The van der Waals surface area contributed by atoms with Crippen molar-refractivity contribution in [2.45, 2.75) is 46.2 Å². The van der Waals surface area contributed by atoms with Crippen molar-refractivity contribution in [3.8, 4) is 0 Å². The second-order valence-electron chi connectivity index (χ2n) is 5.20. The van der Waals surface area contributed by atoms with Gasteiger partial charge < -0.3 is 5.32 Å². The predicted octanol–water partition coefficient (Wildman–Crippen LogP) is 4.22. The summed E-state index contributed by atoms with van der Waals surface area (Å²) in [5, 5.41) is 4.68. The van der Waals surface area contributed by atoms with Crippen molar-refractivity contribution >= 4 is 28.3 Å². The van der Waals surface area contributed by atoms with Gasteiger partial charge in [0.1, 0.15) is 0 Å². The quantitative estimate of drug-likeness (QED) is 0.897. The Morgan fingerprint density at radius 3 is 2.72 bits per heavy atom. The first kappa shape index (κ1) is 13.9. The fourth-order valence-electron chi connectivity index (χ4n) is 2.03. The van der Waals surface area contributed by atoms with E-state index in [4.69, 9.17) is 4.99 Å². The summed E-state index contributed by atoms with van der Waals surface area (Å²) in [5.74, 6) is 1.83. The molecule has 1 N–H and O–H groups in total. The van der Waals surface area contributed by atoms with Crippen molar-refractivity contribution in [1.82, 2.24) is 5.32 Å². The summed E-state index contributed by atoms with van der Waals surface area (Å²) < 4.78 is 0. The Labute approximate surface area is 118 Å². The summed E-state index contributed by atoms with van der Waals surface area (Å²) in [6.07, 6.45) is 1.21. The molecule has 0 aromatic carbocycles. The van der Waals surface area contributed by atoms with Crippen molar-refractivity contribution in [1.29, 1.82) is 0 Å². The van der Waals surface area contributed by atoms with Crippen LogP contribution in [0.25, 0.3) is 0 Å². The smallest absolute Gasteiger partial charge is 0.157 e. The highest BCUT2D eigenvalue weighted by Crippen LogP contribution is 2.26. The number of hydrogen-bond acceptors (Lipinski definition) is 4. The number of nitrogens with zero attached hydrogens (tertiary/aromatic N) is 1. The molecule has 2 heterocycles. The number of thiophene rings is 1. The van der Waals surface area contributed by atoms with Gasteiger partial charge in [-0.1, -0.05) is 25.6 Å². The summed E-state index contributed by atoms with van der Waals surface area (Å²) in [6, 6.07) is 5.25. The molecule has 0 aliphatic carbocycles. The van der Waals surface area contributed by atoms with Crippen LogP contribution in [-0.4, -0.2) is 17.0 Å². The van der Waals surface area contributed by atoms with Gasteiger partial charge in [-0.2, -0.15) is 0 Å². The van der Waals surface area contributed by atoms with E-state index in [0.717, 1.165) is 5.17 Å². The lowest BCUT2D eigenvalue weighted by Gasteiger charge is -2.25. The molecule has 2 nitrogen and oxygen atoms in total. The van der Waals surface area contributed by atoms with Crippen molar-refractivity contribution in [3.05, 3.63) is 21.9 Å². The minimum absolute atomic E-state index is 0.362. The molecule has 2 unspecified atom stereocenters. The van der Waals surface area contributed by atoms with Crippen LogP contribution in [0.15, 0.2) is 17.1 Å². The van der Waals surface area contributed by atoms with E-state index in [2.05, 4.69) is 45.1 Å². The number of aryl methyl sites for hydroxylation is 1. The molecule has 0 bridgehead atoms. The van der Waals surface area contributed by atoms with Gasteiger partial charge in [0, 0.05) is 15.5 Å². The second kappa shape index (κ2) is 6.11. The maximum absolute atomic E-state index is 4.83. The van der Waals surface area contributed by atoms with Gasteiger partial charge in [-0.15, -0.1) is 11.3 Å². The standard InChI is InChI=1S/C14H22N2S2/c1-9(2)12-7-8-17-14(16-12)15-11(4)13-6-5-10(3)18-13/h5-6,9,11-12H,7-8H2,1-4H3,(H,15,16). The molecule has 4 heteroatoms. The first-order valence-corrected chi connectivity index (χ1v) is 8.40. The van der Waals surface area contributed by atoms with Crippen LogP contribution in [0.1, 0.15) is 43.0 Å². The first-order valence-electron chi connectivity index (χ1n) is 6.59. The van der Waals surface area contributed by atoms with Crippen molar-refractivity contribution in [2.75, 3.05) is 5.75 Å². The van der Waals surface area contributed by atoms with E-state index < -0.39 is 0 Å². The van der Waals surface area contributed by atoms with E-state index in [1.165, 1.54) is 21.9 Å². The van der Waals surface area contributed by atoms with Crippen LogP contribution >= 0.6 is 23.1 Å². The average molecular weight is 282 g/mol. The molecule has 1 aromatic rings. The minimum Gasteiger partial charge on any atom is -0.358 e. The fourth-order valence-corrected chi connectivity index (χ4v) is 3.93. The molecular formula is C14H22N2S2. The lowest BCUT2D eigenvalue weighted by molar-refractivity contribution is 0.482. The van der Waals surface area contributed by atoms with Gasteiger partial charge in [-0.3, -0.25) is 4.99 Å². The monoisotopic (exact) mass is 282 g/mol. The Morgan fingerprint density at radius 1 is 1.33 bits per heavy atom. The number of thioether (sulfide) groups is 1. The summed E-state index contributed by atoms with van der Waals surface area (Å²) >= 11 is 3.72. The van der Waals surface area contributed by atoms with Gasteiger partial charge in [0.05, 0.1) is 12.1 Å². The molecule has 1 aliphatic rings. The number of amidine groups is 1. The van der Waals surface area contributed by atoms with E-state index in [9.17, 15) is 0 Å². The number of nitrogens with one attached hydrogen (secondary N) is 1. The zero-order chi connectivity index (χ0) is 13.1. The van der Waals surface area contributed by atoms with E-state index in [0.29, 0.717) is 18.0 Å². The first-order chi connectivity index (χ1) is 8.56. The highest BCUT2D eigenvalue weighted by Gasteiger charge is 2.20. The van der Waals surface area contributed by atoms with Crippen LogP contribution < -0.4 is 5.32 Å². The van der Waals surface area contributed by atoms with Gasteiger partial charge in [-0.25, -0.2) is 0 Å². The normalized spacial score (nSPS) is 21.8. The largest absolute Gasteiger partial charge is 0.358 e. The van der Waals surface area contributed by atoms with E-state index in [1.54, 1.807) is 0 Å². The van der Waals surface area contributed by atoms with Crippen LogP contribution in [-0.2, 0) is 0 Å². The predicted molar refractivity (Wildman–Crippen MR) is 83.7 cm³/mol. The van der Waals surface area contributed by atoms with Gasteiger partial charge >= 0.3 is 0 Å². The number of aliphatic imine (C=N–C) groups is 1. The molecule has 2 rings (SSSR count). The summed E-state index contributed by atoms with van der Waals surface area (Å²) in [5.41, 5.74) is 0. The topological polar surface area (TPSA) is 24.4 Å². The van der Waals surface area contributed by atoms with Crippen LogP contribution in [0.2, 0.25) is 0 Å². The highest BCUT2D eigenvalue weighted by molar-refractivity contribution is 8.13. The Hall–Kier alpha value is -0.480. The van der Waals surface area contributed by atoms with Crippen LogP contribution in [0.4, 0.5) is 0 Å². The molecule has 0 fully saturated rings. The number of rotatable bonds is 3. The molecule has 18 heavy (non-hydrogen) atoms. The van der Waals surface area contributed by atoms with E-state index in [-0.39, 0.29) is 0 Å². The Balaban J connectivity index is 2.00. The molecule has 0 spiro atoms. The maximum atomic E-state index is 4.83. The van der Waals surface area contributed by atoms with E-state index in [1.807, 2.05) is 23.1 Å². The molecule has 2 atom stereocenters. The maximum Gasteiger partial charge on any atom is 0.157 e. The van der Waals surface area contributed by atoms with Crippen LogP contribution in [0, 0.1) is 12.8 Å². The minimum atomic E-state index is 0.362. The Kier molecular flexibility index (Phi) is 4.73. The lowest BCUT2D eigenvalue weighted by atomic mass is 10.0. The SMILES string of the molecule is Cc1ccc(C(C)NC2=NC(C(C)C)CCS2)s1. The molecule has 1 aromatic heterocycles. The van der Waals surface area contributed by atoms with E-state index >= 15 is 0 Å². The van der Waals surface area contributed by atoms with Gasteiger partial charge in [0.2, 0.25) is 0 Å². The van der Waals surface area contributed by atoms with Gasteiger partial charge in [0.15, 0.2) is 5.17 Å². The molecule has 1 aliphatic heterocycles. The third-order valence-corrected chi connectivity index (χ3v) is 5.35. The van der Waals surface area contributed by atoms with Crippen molar-refractivity contribution in [2.24, 2.45) is 10.9 Å². The average Bonchev–Trinajstić information content (AvgIpc) is 2.76. The zero-order valence-electron chi connectivity index (χ0n) is 11.6. The zero-order valence-corrected chi connectivity index (χ0v) is 13.2. The van der Waals surface area contributed by atoms with Gasteiger partial charge in [-0.05, 0) is 38.3 Å². The Bertz CT molecular complexity index is 423. The molecule has 0 saturated carbocycles. The second-order valence-corrected chi connectivity index (χ2v) is 7.60. The summed E-state index contributed by atoms with van der Waals surface area (Å²) in [4.78, 5) is 7.59. The van der Waals surface area contributed by atoms with Crippen molar-refractivity contribution in [3.63, 3.8) is 0 Å². The molecule has 0 amide bonds. The summed E-state index contributed by atoms with van der Waals surface area (Å²) in [6.45, 7) is 8.89. The van der Waals surface area contributed by atoms with Crippen molar-refractivity contribution < 1.29 is 0 Å².